The molecule has 0 bridgehead atoms. The predicted molar refractivity (Wildman–Crippen MR) is 76.0 cm³/mol. The number of halogens is 1. The van der Waals surface area contributed by atoms with E-state index in [1.54, 1.807) is 25.1 Å². The topological polar surface area (TPSA) is 32.3 Å². The third-order valence-electron chi connectivity index (χ3n) is 3.06. The van der Waals surface area contributed by atoms with E-state index in [0.717, 1.165) is 17.7 Å². The zero-order valence-electron chi connectivity index (χ0n) is 11.2. The second-order valence-electron chi connectivity index (χ2n) is 4.88. The average molecular weight is 259 g/mol. The normalized spacial score (nSPS) is 12.2. The second kappa shape index (κ2) is 5.74. The Balaban J connectivity index is 1.98. The van der Waals surface area contributed by atoms with Crippen LogP contribution in [0.2, 0.25) is 0 Å². The maximum atomic E-state index is 13.4. The summed E-state index contributed by atoms with van der Waals surface area (Å²) in [6, 6.07) is 12.5. The van der Waals surface area contributed by atoms with Gasteiger partial charge in [0.2, 0.25) is 0 Å². The number of phenolic OH excluding ortho intramolecular Hbond substituents is 1. The minimum atomic E-state index is -0.193. The summed E-state index contributed by atoms with van der Waals surface area (Å²) >= 11 is 0. The molecule has 1 unspecified atom stereocenters. The van der Waals surface area contributed by atoms with Gasteiger partial charge in [-0.15, -0.1) is 0 Å². The molecule has 2 aromatic carbocycles. The summed E-state index contributed by atoms with van der Waals surface area (Å²) in [5.41, 5.74) is 2.57. The Morgan fingerprint density at radius 1 is 1.16 bits per heavy atom. The van der Waals surface area contributed by atoms with E-state index in [9.17, 15) is 9.50 Å². The molecule has 0 aromatic heterocycles. The van der Waals surface area contributed by atoms with E-state index >= 15 is 0 Å². The largest absolute Gasteiger partial charge is 0.508 e. The molecule has 1 atom stereocenters. The van der Waals surface area contributed by atoms with Gasteiger partial charge in [-0.3, -0.25) is 0 Å². The third-order valence-corrected chi connectivity index (χ3v) is 3.06. The lowest BCUT2D eigenvalue weighted by Crippen LogP contribution is -2.18. The number of benzene rings is 2. The molecule has 2 aromatic rings. The summed E-state index contributed by atoms with van der Waals surface area (Å²) in [5, 5.41) is 12.5. The van der Waals surface area contributed by atoms with Crippen LogP contribution in [0.25, 0.3) is 0 Å². The van der Waals surface area contributed by atoms with Crippen LogP contribution in [-0.4, -0.2) is 11.1 Å². The quantitative estimate of drug-likeness (QED) is 0.873. The first-order chi connectivity index (χ1) is 9.04. The highest BCUT2D eigenvalue weighted by molar-refractivity contribution is 5.46. The molecule has 0 saturated heterocycles. The zero-order chi connectivity index (χ0) is 13.8. The molecule has 0 spiro atoms. The van der Waals surface area contributed by atoms with Crippen LogP contribution in [0.15, 0.2) is 42.5 Å². The Hall–Kier alpha value is -2.03. The molecule has 0 aliphatic carbocycles. The fraction of sp³-hybridized carbons (Fsp3) is 0.250. The van der Waals surface area contributed by atoms with E-state index in [2.05, 4.69) is 5.32 Å². The van der Waals surface area contributed by atoms with E-state index in [4.69, 9.17) is 0 Å². The number of phenols is 1. The number of hydrogen-bond acceptors (Lipinski definition) is 2. The van der Waals surface area contributed by atoms with Crippen molar-refractivity contribution in [3.05, 3.63) is 59.4 Å². The van der Waals surface area contributed by atoms with E-state index in [1.807, 2.05) is 25.1 Å². The maximum Gasteiger partial charge on any atom is 0.128 e. The molecule has 2 N–H and O–H groups in total. The summed E-state index contributed by atoms with van der Waals surface area (Å²) in [6.45, 7) is 3.80. The predicted octanol–water partition coefficient (Wildman–Crippen LogP) is 3.88. The molecule has 0 aliphatic rings. The van der Waals surface area contributed by atoms with Gasteiger partial charge in [0.1, 0.15) is 11.6 Å². The molecule has 19 heavy (non-hydrogen) atoms. The number of aryl methyl sites for hydroxylation is 1. The minimum Gasteiger partial charge on any atom is -0.508 e. The lowest BCUT2D eigenvalue weighted by molar-refractivity contribution is 0.475. The molecule has 0 aliphatic heterocycles. The monoisotopic (exact) mass is 259 g/mol. The van der Waals surface area contributed by atoms with Crippen LogP contribution in [-0.2, 0) is 6.42 Å². The van der Waals surface area contributed by atoms with Gasteiger partial charge in [0.05, 0.1) is 0 Å². The highest BCUT2D eigenvalue weighted by Gasteiger charge is 2.05. The van der Waals surface area contributed by atoms with Crippen molar-refractivity contribution in [2.24, 2.45) is 0 Å². The van der Waals surface area contributed by atoms with Gasteiger partial charge in [0, 0.05) is 11.7 Å². The van der Waals surface area contributed by atoms with E-state index < -0.39 is 0 Å². The first-order valence-corrected chi connectivity index (χ1v) is 6.35. The molecular formula is C16H18FNO. The number of hydrogen-bond donors (Lipinski definition) is 2. The number of aromatic hydroxyl groups is 1. The Morgan fingerprint density at radius 2 is 1.84 bits per heavy atom. The van der Waals surface area contributed by atoms with Gasteiger partial charge < -0.3 is 10.4 Å². The third kappa shape index (κ3) is 3.71. The van der Waals surface area contributed by atoms with Gasteiger partial charge in [-0.2, -0.15) is 0 Å². The van der Waals surface area contributed by atoms with Crippen LogP contribution >= 0.6 is 0 Å². The Labute approximate surface area is 112 Å². The molecule has 3 heteroatoms. The summed E-state index contributed by atoms with van der Waals surface area (Å²) < 4.78 is 13.4. The van der Waals surface area contributed by atoms with Crippen molar-refractivity contribution in [1.82, 2.24) is 0 Å². The smallest absolute Gasteiger partial charge is 0.128 e. The first kappa shape index (κ1) is 13.4. The van der Waals surface area contributed by atoms with Gasteiger partial charge in [-0.25, -0.2) is 4.39 Å². The van der Waals surface area contributed by atoms with Gasteiger partial charge in [-0.1, -0.05) is 18.2 Å². The minimum absolute atomic E-state index is 0.187. The highest BCUT2D eigenvalue weighted by atomic mass is 19.1. The lowest BCUT2D eigenvalue weighted by atomic mass is 10.1. The number of anilines is 1. The van der Waals surface area contributed by atoms with Crippen LogP contribution in [0.5, 0.6) is 5.75 Å². The zero-order valence-corrected chi connectivity index (χ0v) is 11.2. The Morgan fingerprint density at radius 3 is 2.47 bits per heavy atom. The van der Waals surface area contributed by atoms with Crippen LogP contribution in [0, 0.1) is 12.7 Å². The number of nitrogens with one attached hydrogen (secondary N) is 1. The van der Waals surface area contributed by atoms with E-state index in [1.165, 1.54) is 6.07 Å². The lowest BCUT2D eigenvalue weighted by Gasteiger charge is -2.16. The molecule has 2 nitrogen and oxygen atoms in total. The SMILES string of the molecule is Cc1ccc(NC(C)Cc2ccc(O)cc2)cc1F. The molecule has 0 fully saturated rings. The van der Waals surface area contributed by atoms with Crippen LogP contribution in [0.4, 0.5) is 10.1 Å². The summed E-state index contributed by atoms with van der Waals surface area (Å²) in [7, 11) is 0. The van der Waals surface area contributed by atoms with E-state index in [0.29, 0.717) is 5.56 Å². The van der Waals surface area contributed by atoms with Crippen LogP contribution < -0.4 is 5.32 Å². The molecule has 0 amide bonds. The van der Waals surface area contributed by atoms with Crippen molar-refractivity contribution in [2.75, 3.05) is 5.32 Å². The fourth-order valence-corrected chi connectivity index (χ4v) is 2.00. The summed E-state index contributed by atoms with van der Waals surface area (Å²) in [5.74, 6) is 0.0757. The van der Waals surface area contributed by atoms with Crippen molar-refractivity contribution < 1.29 is 9.50 Å². The maximum absolute atomic E-state index is 13.4. The van der Waals surface area contributed by atoms with Crippen molar-refractivity contribution >= 4 is 5.69 Å². The van der Waals surface area contributed by atoms with Crippen molar-refractivity contribution in [2.45, 2.75) is 26.3 Å². The molecule has 0 radical (unpaired) electrons. The number of rotatable bonds is 4. The Bertz CT molecular complexity index is 551. The van der Waals surface area contributed by atoms with E-state index in [-0.39, 0.29) is 17.6 Å². The molecule has 0 saturated carbocycles. The summed E-state index contributed by atoms with van der Waals surface area (Å²) in [4.78, 5) is 0. The standard InChI is InChI=1S/C16H18FNO/c1-11-3-6-14(10-16(11)17)18-12(2)9-13-4-7-15(19)8-5-13/h3-8,10,12,18-19H,9H2,1-2H3. The molecule has 0 heterocycles. The van der Waals surface area contributed by atoms with Crippen LogP contribution in [0.3, 0.4) is 0 Å². The van der Waals surface area contributed by atoms with Gasteiger partial charge >= 0.3 is 0 Å². The highest BCUT2D eigenvalue weighted by Crippen LogP contribution is 2.16. The molecule has 2 rings (SSSR count). The van der Waals surface area contributed by atoms with Crippen molar-refractivity contribution in [3.8, 4) is 5.75 Å². The Kier molecular flexibility index (Phi) is 4.05. The van der Waals surface area contributed by atoms with Crippen molar-refractivity contribution in [3.63, 3.8) is 0 Å². The summed E-state index contributed by atoms with van der Waals surface area (Å²) in [6.07, 6.45) is 0.815. The van der Waals surface area contributed by atoms with Gasteiger partial charge in [0.25, 0.3) is 0 Å². The van der Waals surface area contributed by atoms with Crippen molar-refractivity contribution in [1.29, 1.82) is 0 Å². The van der Waals surface area contributed by atoms with Crippen LogP contribution in [0.1, 0.15) is 18.1 Å². The fourth-order valence-electron chi connectivity index (χ4n) is 2.00. The second-order valence-corrected chi connectivity index (χ2v) is 4.88. The molecule has 100 valence electrons. The van der Waals surface area contributed by atoms with Gasteiger partial charge in [0.15, 0.2) is 0 Å². The average Bonchev–Trinajstić information content (AvgIpc) is 2.37. The van der Waals surface area contributed by atoms with Gasteiger partial charge in [-0.05, 0) is 55.7 Å². The molecular weight excluding hydrogens is 241 g/mol. The first-order valence-electron chi connectivity index (χ1n) is 6.35.